The lowest BCUT2D eigenvalue weighted by Gasteiger charge is -2.07. The predicted molar refractivity (Wildman–Crippen MR) is 105 cm³/mol. The number of rotatable bonds is 5. The molecule has 6 heteroatoms. The quantitative estimate of drug-likeness (QED) is 0.621. The van der Waals surface area contributed by atoms with Gasteiger partial charge in [0.15, 0.2) is 0 Å². The van der Waals surface area contributed by atoms with Crippen LogP contribution in [0, 0.1) is 12.8 Å². The van der Waals surface area contributed by atoms with Crippen LogP contribution in [0.25, 0.3) is 11.3 Å². The summed E-state index contributed by atoms with van der Waals surface area (Å²) in [5.74, 6) is 0.174. The summed E-state index contributed by atoms with van der Waals surface area (Å²) in [4.78, 5) is 20.7. The molecule has 2 aromatic heterocycles. The zero-order valence-electron chi connectivity index (χ0n) is 15.5. The van der Waals surface area contributed by atoms with Crippen LogP contribution < -0.4 is 0 Å². The lowest BCUT2D eigenvalue weighted by molar-refractivity contribution is -0.142. The molecule has 2 unspecified atom stereocenters. The standard InChI is InChI=1S/C21H21N3O2S/c1-13-4-9-18(22-11-13)27-20-19(23-12-24(20)2)15-7-5-14(6-8-15)16-10-17(16)21(25)26-3/h4-9,11-12,16-17H,10H2,1-3H3. The summed E-state index contributed by atoms with van der Waals surface area (Å²) < 4.78 is 6.86. The fourth-order valence-corrected chi connectivity index (χ4v) is 4.11. The monoisotopic (exact) mass is 379 g/mol. The number of esters is 1. The van der Waals surface area contributed by atoms with Gasteiger partial charge >= 0.3 is 5.97 Å². The summed E-state index contributed by atoms with van der Waals surface area (Å²) in [7, 11) is 3.44. The fraction of sp³-hybridized carbons (Fsp3) is 0.286. The highest BCUT2D eigenvalue weighted by atomic mass is 32.2. The van der Waals surface area contributed by atoms with Crippen LogP contribution in [0.3, 0.4) is 0 Å². The first kappa shape index (κ1) is 17.8. The molecule has 0 amide bonds. The topological polar surface area (TPSA) is 57.0 Å². The molecule has 5 nitrogen and oxygen atoms in total. The zero-order chi connectivity index (χ0) is 19.0. The van der Waals surface area contributed by atoms with E-state index in [9.17, 15) is 4.79 Å². The van der Waals surface area contributed by atoms with Crippen molar-refractivity contribution in [3.05, 3.63) is 60.0 Å². The van der Waals surface area contributed by atoms with E-state index in [0.29, 0.717) is 0 Å². The van der Waals surface area contributed by atoms with Crippen LogP contribution in [0.4, 0.5) is 0 Å². The molecule has 0 bridgehead atoms. The molecule has 0 aliphatic heterocycles. The normalized spacial score (nSPS) is 18.3. The Balaban J connectivity index is 1.56. The van der Waals surface area contributed by atoms with Crippen molar-refractivity contribution in [1.29, 1.82) is 0 Å². The largest absolute Gasteiger partial charge is 0.469 e. The van der Waals surface area contributed by atoms with Crippen molar-refractivity contribution in [3.8, 4) is 11.3 Å². The smallest absolute Gasteiger partial charge is 0.309 e. The van der Waals surface area contributed by atoms with E-state index >= 15 is 0 Å². The molecule has 0 saturated heterocycles. The number of hydrogen-bond acceptors (Lipinski definition) is 5. The molecule has 0 N–H and O–H groups in total. The van der Waals surface area contributed by atoms with Gasteiger partial charge in [0.2, 0.25) is 0 Å². The van der Waals surface area contributed by atoms with E-state index in [-0.39, 0.29) is 17.8 Å². The molecule has 1 aliphatic rings. The van der Waals surface area contributed by atoms with Crippen LogP contribution in [0.1, 0.15) is 23.5 Å². The van der Waals surface area contributed by atoms with Crippen molar-refractivity contribution in [2.75, 3.05) is 7.11 Å². The van der Waals surface area contributed by atoms with E-state index in [1.807, 2.05) is 37.1 Å². The second-order valence-corrected chi connectivity index (χ2v) is 7.89. The van der Waals surface area contributed by atoms with E-state index in [1.54, 1.807) is 11.8 Å². The minimum Gasteiger partial charge on any atom is -0.469 e. The van der Waals surface area contributed by atoms with Gasteiger partial charge in [-0.2, -0.15) is 0 Å². The molecule has 4 rings (SSSR count). The van der Waals surface area contributed by atoms with Crippen molar-refractivity contribution in [3.63, 3.8) is 0 Å². The SMILES string of the molecule is COC(=O)C1CC1c1ccc(-c2ncn(C)c2Sc2ccc(C)cn2)cc1. The summed E-state index contributed by atoms with van der Waals surface area (Å²) in [5, 5.41) is 2.00. The van der Waals surface area contributed by atoms with Crippen LogP contribution in [0.2, 0.25) is 0 Å². The van der Waals surface area contributed by atoms with Gasteiger partial charge in [0.05, 0.1) is 19.4 Å². The van der Waals surface area contributed by atoms with Gasteiger partial charge in [-0.25, -0.2) is 9.97 Å². The summed E-state index contributed by atoms with van der Waals surface area (Å²) in [5.41, 5.74) is 4.32. The van der Waals surface area contributed by atoms with Crippen molar-refractivity contribution in [2.45, 2.75) is 29.3 Å². The summed E-state index contributed by atoms with van der Waals surface area (Å²) >= 11 is 1.61. The highest BCUT2D eigenvalue weighted by Gasteiger charge is 2.44. The number of aromatic nitrogens is 3. The Hall–Kier alpha value is -2.60. The van der Waals surface area contributed by atoms with Crippen molar-refractivity contribution >= 4 is 17.7 Å². The average Bonchev–Trinajstić information content (AvgIpc) is 3.41. The van der Waals surface area contributed by atoms with Crippen LogP contribution in [-0.4, -0.2) is 27.6 Å². The Morgan fingerprint density at radius 3 is 2.63 bits per heavy atom. The maximum atomic E-state index is 11.6. The van der Waals surface area contributed by atoms with Gasteiger partial charge in [0.1, 0.15) is 15.7 Å². The molecule has 1 fully saturated rings. The number of ether oxygens (including phenoxy) is 1. The summed E-state index contributed by atoms with van der Waals surface area (Å²) in [6.45, 7) is 2.03. The van der Waals surface area contributed by atoms with Crippen molar-refractivity contribution < 1.29 is 9.53 Å². The molecule has 0 radical (unpaired) electrons. The van der Waals surface area contributed by atoms with E-state index in [1.165, 1.54) is 12.7 Å². The number of hydrogen-bond donors (Lipinski definition) is 0. The second kappa shape index (κ2) is 7.19. The third-order valence-electron chi connectivity index (χ3n) is 4.88. The Kier molecular flexibility index (Phi) is 4.74. The Bertz CT molecular complexity index is 964. The van der Waals surface area contributed by atoms with Gasteiger partial charge in [-0.15, -0.1) is 0 Å². The van der Waals surface area contributed by atoms with Crippen LogP contribution in [0.15, 0.2) is 59.0 Å². The first-order chi connectivity index (χ1) is 13.1. The maximum Gasteiger partial charge on any atom is 0.309 e. The molecule has 1 aromatic carbocycles. The first-order valence-corrected chi connectivity index (χ1v) is 9.68. The third-order valence-corrected chi connectivity index (χ3v) is 6.00. The van der Waals surface area contributed by atoms with Gasteiger partial charge in [-0.1, -0.05) is 30.3 Å². The average molecular weight is 379 g/mol. The zero-order valence-corrected chi connectivity index (χ0v) is 16.4. The van der Waals surface area contributed by atoms with Crippen LogP contribution >= 0.6 is 11.8 Å². The second-order valence-electron chi connectivity index (χ2n) is 6.88. The van der Waals surface area contributed by atoms with Gasteiger partial charge in [-0.05, 0) is 48.2 Å². The predicted octanol–water partition coefficient (Wildman–Crippen LogP) is 4.22. The lowest BCUT2D eigenvalue weighted by atomic mass is 10.1. The van der Waals surface area contributed by atoms with Crippen molar-refractivity contribution in [2.24, 2.45) is 13.0 Å². The number of aryl methyl sites for hydroxylation is 2. The van der Waals surface area contributed by atoms with Crippen LogP contribution in [0.5, 0.6) is 0 Å². The van der Waals surface area contributed by atoms with Crippen LogP contribution in [-0.2, 0) is 16.6 Å². The highest BCUT2D eigenvalue weighted by Crippen LogP contribution is 2.48. The minimum absolute atomic E-state index is 0.00873. The third kappa shape index (κ3) is 3.62. The van der Waals surface area contributed by atoms with E-state index < -0.39 is 0 Å². The lowest BCUT2D eigenvalue weighted by Crippen LogP contribution is -2.03. The molecule has 0 spiro atoms. The number of benzene rings is 1. The minimum atomic E-state index is -0.113. The Labute approximate surface area is 162 Å². The molecule has 1 aliphatic carbocycles. The van der Waals surface area contributed by atoms with Gasteiger partial charge in [0, 0.05) is 18.8 Å². The number of imidazole rings is 1. The summed E-state index contributed by atoms with van der Waals surface area (Å²) in [6.07, 6.45) is 4.57. The van der Waals surface area contributed by atoms with E-state index in [4.69, 9.17) is 4.74 Å². The molecule has 1 saturated carbocycles. The Morgan fingerprint density at radius 1 is 1.19 bits per heavy atom. The van der Waals surface area contributed by atoms with Gasteiger partial charge in [0.25, 0.3) is 0 Å². The highest BCUT2D eigenvalue weighted by molar-refractivity contribution is 7.99. The molecular weight excluding hydrogens is 358 g/mol. The molecule has 3 aromatic rings. The molecular formula is C21H21N3O2S. The van der Waals surface area contributed by atoms with E-state index in [2.05, 4.69) is 40.3 Å². The first-order valence-electron chi connectivity index (χ1n) is 8.87. The van der Waals surface area contributed by atoms with Gasteiger partial charge < -0.3 is 9.30 Å². The molecule has 2 atom stereocenters. The summed E-state index contributed by atoms with van der Waals surface area (Å²) in [6, 6.07) is 12.4. The fourth-order valence-electron chi connectivity index (χ4n) is 3.21. The molecule has 27 heavy (non-hydrogen) atoms. The number of carbonyl (C=O) groups excluding carboxylic acids is 1. The van der Waals surface area contributed by atoms with Gasteiger partial charge in [-0.3, -0.25) is 4.79 Å². The maximum absolute atomic E-state index is 11.6. The Morgan fingerprint density at radius 2 is 1.96 bits per heavy atom. The number of methoxy groups -OCH3 is 1. The van der Waals surface area contributed by atoms with Crippen molar-refractivity contribution in [1.82, 2.24) is 14.5 Å². The number of carbonyl (C=O) groups is 1. The number of pyridine rings is 1. The number of nitrogens with zero attached hydrogens (tertiary/aromatic N) is 3. The molecule has 138 valence electrons. The molecule has 2 heterocycles. The van der Waals surface area contributed by atoms with E-state index in [0.717, 1.165) is 33.3 Å².